The number of quaternary nitrogens is 2. The van der Waals surface area contributed by atoms with Crippen molar-refractivity contribution in [3.8, 4) is 0 Å². The standard InChI is InChI=1S/2C8H20N.C4H4O4/c2*1-5-9(6-2,7-3)8-4;5-3(6)1-2-4(7)8/h2*5-8H2,1-4H3;1-2H,(H,5,6)(H,7,8)/q2*+1;/p-2/b;;2-1-. The van der Waals surface area contributed by atoms with Crippen molar-refractivity contribution >= 4 is 11.9 Å². The van der Waals surface area contributed by atoms with Crippen molar-refractivity contribution in [2.24, 2.45) is 0 Å². The monoisotopic (exact) mass is 374 g/mol. The molecule has 0 aromatic heterocycles. The first-order valence-corrected chi connectivity index (χ1v) is 9.91. The van der Waals surface area contributed by atoms with Gasteiger partial charge in [0, 0.05) is 0 Å². The molecule has 0 radical (unpaired) electrons. The Kier molecular flexibility index (Phi) is 19.2. The summed E-state index contributed by atoms with van der Waals surface area (Å²) >= 11 is 0. The van der Waals surface area contributed by atoms with Gasteiger partial charge in [0.2, 0.25) is 0 Å². The largest absolute Gasteiger partial charge is 0.545 e. The Morgan fingerprint density at radius 1 is 0.538 bits per heavy atom. The molecule has 0 aromatic carbocycles. The van der Waals surface area contributed by atoms with Crippen LogP contribution in [0.5, 0.6) is 0 Å². The number of carboxylic acid groups (broad SMARTS) is 2. The van der Waals surface area contributed by atoms with Gasteiger partial charge < -0.3 is 28.8 Å². The number of carbonyl (C=O) groups excluding carboxylic acids is 2. The molecule has 6 heteroatoms. The Hall–Kier alpha value is -1.40. The van der Waals surface area contributed by atoms with Gasteiger partial charge in [-0.3, -0.25) is 0 Å². The molecule has 0 amide bonds. The molecule has 0 saturated heterocycles. The average molecular weight is 375 g/mol. The lowest BCUT2D eigenvalue weighted by molar-refractivity contribution is -0.921. The second kappa shape index (κ2) is 17.0. The smallest absolute Gasteiger partial charge is 0.0757 e. The van der Waals surface area contributed by atoms with Crippen LogP contribution in [0.25, 0.3) is 0 Å². The Morgan fingerprint density at radius 3 is 0.731 bits per heavy atom. The van der Waals surface area contributed by atoms with Crippen LogP contribution in [0, 0.1) is 0 Å². The van der Waals surface area contributed by atoms with Gasteiger partial charge >= 0.3 is 0 Å². The first-order valence-electron chi connectivity index (χ1n) is 9.91. The van der Waals surface area contributed by atoms with Gasteiger partial charge in [-0.1, -0.05) is 0 Å². The van der Waals surface area contributed by atoms with Gasteiger partial charge in [0.15, 0.2) is 0 Å². The Balaban J connectivity index is -0.000000306. The van der Waals surface area contributed by atoms with Crippen molar-refractivity contribution in [3.63, 3.8) is 0 Å². The molecule has 0 saturated carbocycles. The van der Waals surface area contributed by atoms with Crippen LogP contribution >= 0.6 is 0 Å². The molecule has 0 spiro atoms. The lowest BCUT2D eigenvalue weighted by Crippen LogP contribution is -2.47. The van der Waals surface area contributed by atoms with Crippen LogP contribution < -0.4 is 10.2 Å². The van der Waals surface area contributed by atoms with Crippen LogP contribution in [0.1, 0.15) is 55.4 Å². The molecule has 0 rings (SSSR count). The number of carbonyl (C=O) groups is 2. The van der Waals surface area contributed by atoms with Gasteiger partial charge in [0.1, 0.15) is 0 Å². The van der Waals surface area contributed by atoms with E-state index in [-0.39, 0.29) is 0 Å². The predicted molar refractivity (Wildman–Crippen MR) is 104 cm³/mol. The minimum Gasteiger partial charge on any atom is -0.545 e. The van der Waals surface area contributed by atoms with Crippen molar-refractivity contribution in [3.05, 3.63) is 12.2 Å². The van der Waals surface area contributed by atoms with Gasteiger partial charge in [-0.2, -0.15) is 0 Å². The summed E-state index contributed by atoms with van der Waals surface area (Å²) in [5.41, 5.74) is 0. The van der Waals surface area contributed by atoms with E-state index in [0.29, 0.717) is 12.2 Å². The zero-order valence-electron chi connectivity index (χ0n) is 18.3. The fourth-order valence-corrected chi connectivity index (χ4v) is 2.82. The van der Waals surface area contributed by atoms with Gasteiger partial charge in [0.25, 0.3) is 0 Å². The second-order valence-corrected chi connectivity index (χ2v) is 6.18. The quantitative estimate of drug-likeness (QED) is 0.419. The van der Waals surface area contributed by atoms with E-state index < -0.39 is 11.9 Å². The summed E-state index contributed by atoms with van der Waals surface area (Å²) in [4.78, 5) is 18.8. The molecular formula is C20H42N2O4. The zero-order valence-corrected chi connectivity index (χ0v) is 18.3. The molecule has 6 nitrogen and oxygen atoms in total. The highest BCUT2D eigenvalue weighted by atomic mass is 16.4. The van der Waals surface area contributed by atoms with Gasteiger partial charge in [-0.15, -0.1) is 0 Å². The first kappa shape index (κ1) is 29.4. The van der Waals surface area contributed by atoms with Crippen LogP contribution in [-0.4, -0.2) is 73.3 Å². The molecule has 0 fully saturated rings. The van der Waals surface area contributed by atoms with Gasteiger partial charge in [-0.05, 0) is 67.5 Å². The second-order valence-electron chi connectivity index (χ2n) is 6.18. The number of rotatable bonds is 10. The summed E-state index contributed by atoms with van der Waals surface area (Å²) in [5.74, 6) is -3.09. The summed E-state index contributed by atoms with van der Waals surface area (Å²) in [5, 5.41) is 18.8. The van der Waals surface area contributed by atoms with Crippen LogP contribution in [0.15, 0.2) is 12.2 Å². The first-order chi connectivity index (χ1) is 12.1. The number of carboxylic acids is 2. The Labute approximate surface area is 161 Å². The van der Waals surface area contributed by atoms with Crippen molar-refractivity contribution in [2.75, 3.05) is 52.4 Å². The molecule has 156 valence electrons. The van der Waals surface area contributed by atoms with Gasteiger partial charge in [0.05, 0.1) is 64.3 Å². The normalized spacial score (nSPS) is 11.2. The fourth-order valence-electron chi connectivity index (χ4n) is 2.82. The van der Waals surface area contributed by atoms with Crippen molar-refractivity contribution in [1.29, 1.82) is 0 Å². The minimum absolute atomic E-state index is 0.384. The van der Waals surface area contributed by atoms with Crippen LogP contribution in [0.2, 0.25) is 0 Å². The van der Waals surface area contributed by atoms with E-state index in [9.17, 15) is 19.8 Å². The van der Waals surface area contributed by atoms with E-state index in [1.54, 1.807) is 0 Å². The van der Waals surface area contributed by atoms with E-state index in [4.69, 9.17) is 0 Å². The van der Waals surface area contributed by atoms with Crippen molar-refractivity contribution < 1.29 is 28.8 Å². The topological polar surface area (TPSA) is 80.3 Å². The molecule has 0 aliphatic heterocycles. The molecule has 0 N–H and O–H groups in total. The number of nitrogens with zero attached hydrogens (tertiary/aromatic N) is 2. The summed E-state index contributed by atoms with van der Waals surface area (Å²) in [6, 6.07) is 0. The predicted octanol–water partition coefficient (Wildman–Crippen LogP) is 0.808. The number of hydrogen-bond acceptors (Lipinski definition) is 4. The van der Waals surface area contributed by atoms with E-state index in [2.05, 4.69) is 55.4 Å². The molecule has 0 unspecified atom stereocenters. The highest BCUT2D eigenvalue weighted by molar-refractivity contribution is 5.87. The van der Waals surface area contributed by atoms with Crippen molar-refractivity contribution in [1.82, 2.24) is 0 Å². The summed E-state index contributed by atoms with van der Waals surface area (Å²) in [6.07, 6.45) is 0.769. The highest BCUT2D eigenvalue weighted by Gasteiger charge is 2.16. The third-order valence-corrected chi connectivity index (χ3v) is 5.72. The molecule has 0 aromatic rings. The lowest BCUT2D eigenvalue weighted by Gasteiger charge is -2.34. The SMILES string of the molecule is CC[N+](CC)(CC)CC.CC[N+](CC)(CC)CC.O=C([O-])/C=C\C(=O)[O-]. The number of hydrogen-bond donors (Lipinski definition) is 0. The van der Waals surface area contributed by atoms with Crippen LogP contribution in [0.4, 0.5) is 0 Å². The van der Waals surface area contributed by atoms with Crippen LogP contribution in [-0.2, 0) is 9.59 Å². The summed E-state index contributed by atoms with van der Waals surface area (Å²) in [6.45, 7) is 28.4. The Morgan fingerprint density at radius 2 is 0.692 bits per heavy atom. The van der Waals surface area contributed by atoms with E-state index in [1.165, 1.54) is 61.3 Å². The Bertz CT molecular complexity index is 316. The molecule has 0 heterocycles. The van der Waals surface area contributed by atoms with Gasteiger partial charge in [-0.25, -0.2) is 0 Å². The summed E-state index contributed by atoms with van der Waals surface area (Å²) < 4.78 is 2.56. The maximum atomic E-state index is 9.41. The van der Waals surface area contributed by atoms with Crippen LogP contribution in [0.3, 0.4) is 0 Å². The lowest BCUT2D eigenvalue weighted by atomic mass is 10.3. The molecular weight excluding hydrogens is 332 g/mol. The molecule has 0 bridgehead atoms. The zero-order chi connectivity index (χ0) is 21.2. The molecule has 0 aliphatic carbocycles. The minimum atomic E-state index is -1.55. The highest BCUT2D eigenvalue weighted by Crippen LogP contribution is 2.03. The summed E-state index contributed by atoms with van der Waals surface area (Å²) in [7, 11) is 0. The fraction of sp³-hybridized carbons (Fsp3) is 0.800. The van der Waals surface area contributed by atoms with E-state index >= 15 is 0 Å². The molecule has 26 heavy (non-hydrogen) atoms. The van der Waals surface area contributed by atoms with E-state index in [1.807, 2.05) is 0 Å². The van der Waals surface area contributed by atoms with Crippen molar-refractivity contribution in [2.45, 2.75) is 55.4 Å². The maximum absolute atomic E-state index is 9.41. The molecule has 0 atom stereocenters. The average Bonchev–Trinajstić information content (AvgIpc) is 2.66. The van der Waals surface area contributed by atoms with E-state index in [0.717, 1.165) is 0 Å². The third kappa shape index (κ3) is 13.8. The maximum Gasteiger partial charge on any atom is 0.0757 e. The third-order valence-electron chi connectivity index (χ3n) is 5.72. The number of aliphatic carboxylic acids is 2. The molecule has 0 aliphatic rings.